The zero-order valence-corrected chi connectivity index (χ0v) is 12.4. The predicted octanol–water partition coefficient (Wildman–Crippen LogP) is 4.59. The molecule has 0 saturated heterocycles. The van der Waals surface area contributed by atoms with E-state index in [-0.39, 0.29) is 10.4 Å². The molecule has 1 saturated carbocycles. The molecular formula is C12H9BrF3N3S. The van der Waals surface area contributed by atoms with Gasteiger partial charge < -0.3 is 0 Å². The third-order valence-corrected chi connectivity index (χ3v) is 4.12. The van der Waals surface area contributed by atoms with Crippen LogP contribution >= 0.6 is 28.1 Å². The minimum Gasteiger partial charge on any atom is -0.272 e. The monoisotopic (exact) mass is 363 g/mol. The van der Waals surface area contributed by atoms with Crippen molar-refractivity contribution >= 4 is 28.1 Å². The second-order valence-electron chi connectivity index (χ2n) is 4.66. The van der Waals surface area contributed by atoms with E-state index < -0.39 is 11.7 Å². The third-order valence-electron chi connectivity index (χ3n) is 3.15. The van der Waals surface area contributed by atoms with Crippen LogP contribution in [0.2, 0.25) is 0 Å². The van der Waals surface area contributed by atoms with Crippen LogP contribution in [0.5, 0.6) is 0 Å². The summed E-state index contributed by atoms with van der Waals surface area (Å²) in [6, 6.07) is 4.06. The van der Waals surface area contributed by atoms with E-state index in [2.05, 4.69) is 26.1 Å². The van der Waals surface area contributed by atoms with Crippen molar-refractivity contribution in [2.45, 2.75) is 24.9 Å². The highest BCUT2D eigenvalue weighted by molar-refractivity contribution is 9.10. The molecule has 1 aliphatic rings. The average molecular weight is 364 g/mol. The molecular weight excluding hydrogens is 355 g/mol. The van der Waals surface area contributed by atoms with Crippen molar-refractivity contribution in [3.05, 3.63) is 38.8 Å². The standard InChI is InChI=1S/C12H9BrF3N3S/c13-9-4-3-7(5-8(9)12(14,15)16)19-10(6-1-2-6)17-18-11(19)20/h3-6H,1-2H2,(H,18,20). The van der Waals surface area contributed by atoms with Crippen LogP contribution in [0.4, 0.5) is 13.2 Å². The summed E-state index contributed by atoms with van der Waals surface area (Å²) in [5, 5.41) is 6.77. The molecule has 20 heavy (non-hydrogen) atoms. The molecule has 1 fully saturated rings. The van der Waals surface area contributed by atoms with Crippen molar-refractivity contribution < 1.29 is 13.2 Å². The summed E-state index contributed by atoms with van der Waals surface area (Å²) in [5.74, 6) is 0.978. The lowest BCUT2D eigenvalue weighted by atomic mass is 10.2. The van der Waals surface area contributed by atoms with Crippen LogP contribution in [0.15, 0.2) is 22.7 Å². The first kappa shape index (κ1) is 13.8. The van der Waals surface area contributed by atoms with Crippen molar-refractivity contribution in [1.82, 2.24) is 14.8 Å². The highest BCUT2D eigenvalue weighted by Crippen LogP contribution is 2.41. The molecule has 1 aliphatic carbocycles. The van der Waals surface area contributed by atoms with Crippen LogP contribution in [-0.2, 0) is 6.18 Å². The van der Waals surface area contributed by atoms with Gasteiger partial charge in [-0.2, -0.15) is 18.3 Å². The first-order valence-corrected chi connectivity index (χ1v) is 7.12. The normalized spacial score (nSPS) is 15.6. The van der Waals surface area contributed by atoms with Crippen molar-refractivity contribution in [2.75, 3.05) is 0 Å². The summed E-state index contributed by atoms with van der Waals surface area (Å²) < 4.78 is 40.8. The Morgan fingerprint density at radius 2 is 2.05 bits per heavy atom. The van der Waals surface area contributed by atoms with Gasteiger partial charge in [0.2, 0.25) is 0 Å². The van der Waals surface area contributed by atoms with E-state index >= 15 is 0 Å². The molecule has 0 aliphatic heterocycles. The number of halogens is 4. The Balaban J connectivity index is 2.16. The van der Waals surface area contributed by atoms with E-state index in [0.29, 0.717) is 16.3 Å². The van der Waals surface area contributed by atoms with Crippen LogP contribution in [0.3, 0.4) is 0 Å². The van der Waals surface area contributed by atoms with Gasteiger partial charge in [-0.1, -0.05) is 15.9 Å². The highest BCUT2D eigenvalue weighted by Gasteiger charge is 2.34. The van der Waals surface area contributed by atoms with Gasteiger partial charge in [-0.05, 0) is 43.3 Å². The van der Waals surface area contributed by atoms with Gasteiger partial charge in [-0.25, -0.2) is 0 Å². The minimum absolute atomic E-state index is 0.0109. The molecule has 0 radical (unpaired) electrons. The number of aromatic amines is 1. The molecule has 1 heterocycles. The Morgan fingerprint density at radius 1 is 1.35 bits per heavy atom. The van der Waals surface area contributed by atoms with Gasteiger partial charge in [0.05, 0.1) is 11.3 Å². The number of nitrogens with one attached hydrogen (secondary N) is 1. The Bertz CT molecular complexity index is 715. The number of nitrogens with zero attached hydrogens (tertiary/aromatic N) is 2. The average Bonchev–Trinajstić information content (AvgIpc) is 3.13. The Labute approximate surface area is 125 Å². The van der Waals surface area contributed by atoms with Crippen molar-refractivity contribution in [1.29, 1.82) is 0 Å². The number of rotatable bonds is 2. The molecule has 0 bridgehead atoms. The number of hydrogen-bond donors (Lipinski definition) is 1. The second-order valence-corrected chi connectivity index (χ2v) is 5.90. The summed E-state index contributed by atoms with van der Waals surface area (Å²) in [7, 11) is 0. The maximum Gasteiger partial charge on any atom is 0.417 e. The van der Waals surface area contributed by atoms with Gasteiger partial charge >= 0.3 is 6.18 Å². The molecule has 0 unspecified atom stereocenters. The largest absolute Gasteiger partial charge is 0.417 e. The SMILES string of the molecule is FC(F)(F)c1cc(-n2c(C3CC3)n[nH]c2=S)ccc1Br. The van der Waals surface area contributed by atoms with E-state index in [1.54, 1.807) is 10.6 Å². The lowest BCUT2D eigenvalue weighted by molar-refractivity contribution is -0.138. The van der Waals surface area contributed by atoms with Gasteiger partial charge in [0.25, 0.3) is 0 Å². The van der Waals surface area contributed by atoms with Crippen LogP contribution in [0.25, 0.3) is 5.69 Å². The maximum absolute atomic E-state index is 13.0. The van der Waals surface area contributed by atoms with E-state index in [1.807, 2.05) is 0 Å². The van der Waals surface area contributed by atoms with Crippen LogP contribution < -0.4 is 0 Å². The van der Waals surface area contributed by atoms with Crippen LogP contribution in [0, 0.1) is 4.77 Å². The van der Waals surface area contributed by atoms with Gasteiger partial charge in [0, 0.05) is 10.4 Å². The molecule has 2 aromatic rings. The number of alkyl halides is 3. The summed E-state index contributed by atoms with van der Waals surface area (Å²) in [5.41, 5.74) is -0.346. The Kier molecular flexibility index (Phi) is 3.24. The van der Waals surface area contributed by atoms with Crippen molar-refractivity contribution in [3.63, 3.8) is 0 Å². The van der Waals surface area contributed by atoms with Gasteiger partial charge in [-0.15, -0.1) is 0 Å². The number of hydrogen-bond acceptors (Lipinski definition) is 2. The first-order valence-electron chi connectivity index (χ1n) is 5.92. The summed E-state index contributed by atoms with van der Waals surface area (Å²) in [4.78, 5) is 0. The molecule has 0 spiro atoms. The van der Waals surface area contributed by atoms with Crippen LogP contribution in [-0.4, -0.2) is 14.8 Å². The maximum atomic E-state index is 13.0. The van der Waals surface area contributed by atoms with E-state index in [4.69, 9.17) is 12.2 Å². The molecule has 3 rings (SSSR count). The summed E-state index contributed by atoms with van der Waals surface area (Å²) in [6.07, 6.45) is -2.44. The quantitative estimate of drug-likeness (QED) is 0.791. The Morgan fingerprint density at radius 3 is 2.65 bits per heavy atom. The Hall–Kier alpha value is -1.15. The third kappa shape index (κ3) is 2.42. The zero-order chi connectivity index (χ0) is 14.5. The minimum atomic E-state index is -4.42. The van der Waals surface area contributed by atoms with Gasteiger partial charge in [-0.3, -0.25) is 9.67 Å². The molecule has 1 aromatic heterocycles. The molecule has 1 aromatic carbocycles. The fourth-order valence-electron chi connectivity index (χ4n) is 2.04. The van der Waals surface area contributed by atoms with Gasteiger partial charge in [0.1, 0.15) is 5.82 Å². The number of aromatic nitrogens is 3. The van der Waals surface area contributed by atoms with Crippen molar-refractivity contribution in [3.8, 4) is 5.69 Å². The van der Waals surface area contributed by atoms with E-state index in [9.17, 15) is 13.2 Å². The number of H-pyrrole nitrogens is 1. The lowest BCUT2D eigenvalue weighted by Gasteiger charge is -2.12. The fraction of sp³-hybridized carbons (Fsp3) is 0.333. The molecule has 106 valence electrons. The highest BCUT2D eigenvalue weighted by atomic mass is 79.9. The van der Waals surface area contributed by atoms with Gasteiger partial charge in [0.15, 0.2) is 4.77 Å². The fourth-order valence-corrected chi connectivity index (χ4v) is 2.76. The zero-order valence-electron chi connectivity index (χ0n) is 10.0. The molecule has 3 nitrogen and oxygen atoms in total. The predicted molar refractivity (Wildman–Crippen MR) is 73.4 cm³/mol. The number of benzene rings is 1. The van der Waals surface area contributed by atoms with E-state index in [1.165, 1.54) is 6.07 Å². The summed E-state index contributed by atoms with van der Waals surface area (Å²) in [6.45, 7) is 0. The smallest absolute Gasteiger partial charge is 0.272 e. The van der Waals surface area contributed by atoms with Crippen LogP contribution in [0.1, 0.15) is 30.1 Å². The first-order chi connectivity index (χ1) is 9.38. The molecule has 0 amide bonds. The molecule has 8 heteroatoms. The second kappa shape index (κ2) is 4.70. The molecule has 1 N–H and O–H groups in total. The topological polar surface area (TPSA) is 33.6 Å². The lowest BCUT2D eigenvalue weighted by Crippen LogP contribution is -2.08. The van der Waals surface area contributed by atoms with Crippen molar-refractivity contribution in [2.24, 2.45) is 0 Å². The summed E-state index contributed by atoms with van der Waals surface area (Å²) >= 11 is 8.05. The van der Waals surface area contributed by atoms with E-state index in [0.717, 1.165) is 18.9 Å². The molecule has 0 atom stereocenters.